The Kier molecular flexibility index (Phi) is 5.80. The number of aliphatic hydroxyl groups excluding tert-OH is 1. The Labute approximate surface area is 130 Å². The number of rotatable bonds is 3. The van der Waals surface area contributed by atoms with Gasteiger partial charge in [-0.05, 0) is 45.0 Å². The minimum atomic E-state index is -0.156. The van der Waals surface area contributed by atoms with E-state index in [1.54, 1.807) is 6.07 Å². The Morgan fingerprint density at radius 1 is 1.52 bits per heavy atom. The molecule has 1 aromatic rings. The fraction of sp³-hybridized carbons (Fsp3) is 0.562. The van der Waals surface area contributed by atoms with Crippen LogP contribution in [0.2, 0.25) is 0 Å². The minimum Gasteiger partial charge on any atom is -0.384 e. The van der Waals surface area contributed by atoms with Crippen molar-refractivity contribution in [2.24, 2.45) is 5.92 Å². The normalized spacial score (nSPS) is 16.3. The van der Waals surface area contributed by atoms with Crippen LogP contribution in [0, 0.1) is 17.8 Å². The number of hydrogen-bond donors (Lipinski definition) is 1. The van der Waals surface area contributed by atoms with Crippen LogP contribution in [-0.2, 0) is 0 Å². The lowest BCUT2D eigenvalue weighted by molar-refractivity contribution is 0.0747. The van der Waals surface area contributed by atoms with Crippen molar-refractivity contribution in [3.63, 3.8) is 0 Å². The molecule has 1 N–H and O–H groups in total. The van der Waals surface area contributed by atoms with Crippen molar-refractivity contribution >= 4 is 17.2 Å². The fourth-order valence-electron chi connectivity index (χ4n) is 2.58. The van der Waals surface area contributed by atoms with Gasteiger partial charge in [-0.2, -0.15) is 0 Å². The van der Waals surface area contributed by atoms with Gasteiger partial charge in [0, 0.05) is 19.0 Å². The third-order valence-electron chi connectivity index (χ3n) is 3.85. The summed E-state index contributed by atoms with van der Waals surface area (Å²) in [4.78, 5) is 17.4. The second kappa shape index (κ2) is 7.60. The Bertz CT molecular complexity index is 536. The molecule has 1 fully saturated rings. The lowest BCUT2D eigenvalue weighted by atomic mass is 9.96. The maximum Gasteiger partial charge on any atom is 0.254 e. The van der Waals surface area contributed by atoms with Crippen LogP contribution in [0.25, 0.3) is 0 Å². The molecule has 2 rings (SSSR count). The molecule has 4 nitrogen and oxygen atoms in total. The Hall–Kier alpha value is -1.35. The van der Waals surface area contributed by atoms with Crippen LogP contribution in [-0.4, -0.2) is 61.2 Å². The maximum absolute atomic E-state index is 12.4. The minimum absolute atomic E-state index is 0.0576. The largest absolute Gasteiger partial charge is 0.384 e. The van der Waals surface area contributed by atoms with Crippen LogP contribution in [0.15, 0.2) is 11.4 Å². The number of thiophene rings is 1. The average Bonchev–Trinajstić information content (AvgIpc) is 2.95. The molecule has 0 bridgehead atoms. The number of nitrogens with zero attached hydrogens (tertiary/aromatic N) is 2. The zero-order valence-electron chi connectivity index (χ0n) is 12.6. The molecule has 21 heavy (non-hydrogen) atoms. The van der Waals surface area contributed by atoms with E-state index in [4.69, 9.17) is 5.11 Å². The van der Waals surface area contributed by atoms with Gasteiger partial charge in [-0.3, -0.25) is 4.79 Å². The third-order valence-corrected chi connectivity index (χ3v) is 4.70. The third kappa shape index (κ3) is 4.57. The average molecular weight is 306 g/mol. The predicted octanol–water partition coefficient (Wildman–Crippen LogP) is 1.51. The van der Waals surface area contributed by atoms with E-state index >= 15 is 0 Å². The molecule has 0 saturated carbocycles. The summed E-state index contributed by atoms with van der Waals surface area (Å²) in [5.41, 5.74) is 0.692. The molecule has 0 radical (unpaired) electrons. The van der Waals surface area contributed by atoms with E-state index < -0.39 is 0 Å². The van der Waals surface area contributed by atoms with E-state index in [1.165, 1.54) is 11.3 Å². The molecule has 2 heterocycles. The summed E-state index contributed by atoms with van der Waals surface area (Å²) in [6, 6.07) is 1.81. The number of carbonyl (C=O) groups excluding carboxylic acids is 1. The second-order valence-electron chi connectivity index (χ2n) is 5.59. The number of aliphatic hydroxyl groups is 1. The van der Waals surface area contributed by atoms with Crippen LogP contribution in [0.3, 0.4) is 0 Å². The van der Waals surface area contributed by atoms with Crippen LogP contribution >= 0.6 is 11.3 Å². The highest BCUT2D eigenvalue weighted by Gasteiger charge is 2.21. The zero-order chi connectivity index (χ0) is 15.2. The summed E-state index contributed by atoms with van der Waals surface area (Å²) in [6.45, 7) is 2.90. The van der Waals surface area contributed by atoms with Gasteiger partial charge in [0.2, 0.25) is 0 Å². The van der Waals surface area contributed by atoms with E-state index in [0.717, 1.165) is 37.4 Å². The van der Waals surface area contributed by atoms with Gasteiger partial charge in [-0.15, -0.1) is 11.3 Å². The molecule has 1 saturated heterocycles. The van der Waals surface area contributed by atoms with Crippen molar-refractivity contribution in [2.75, 3.05) is 40.3 Å². The number of hydrogen-bond acceptors (Lipinski definition) is 4. The summed E-state index contributed by atoms with van der Waals surface area (Å²) in [5.74, 6) is 6.10. The fourth-order valence-corrected chi connectivity index (χ4v) is 3.32. The van der Waals surface area contributed by atoms with Gasteiger partial charge < -0.3 is 14.9 Å². The SMILES string of the molecule is CN1CCC(CN(C)C(=O)c2csc(C#CCO)c2)CC1. The van der Waals surface area contributed by atoms with Gasteiger partial charge in [0.25, 0.3) is 5.91 Å². The highest BCUT2D eigenvalue weighted by Crippen LogP contribution is 2.19. The molecule has 0 aliphatic carbocycles. The van der Waals surface area contributed by atoms with Crippen molar-refractivity contribution in [1.82, 2.24) is 9.80 Å². The molecule has 1 aliphatic heterocycles. The second-order valence-corrected chi connectivity index (χ2v) is 6.50. The number of piperidine rings is 1. The van der Waals surface area contributed by atoms with Crippen molar-refractivity contribution in [3.8, 4) is 11.8 Å². The summed E-state index contributed by atoms with van der Waals surface area (Å²) in [6.07, 6.45) is 2.32. The molecule has 0 aromatic carbocycles. The van der Waals surface area contributed by atoms with Crippen molar-refractivity contribution in [2.45, 2.75) is 12.8 Å². The van der Waals surface area contributed by atoms with E-state index in [2.05, 4.69) is 23.8 Å². The summed E-state index contributed by atoms with van der Waals surface area (Å²) in [5, 5.41) is 10.5. The first-order valence-corrected chi connectivity index (χ1v) is 8.10. The Morgan fingerprint density at radius 2 is 2.24 bits per heavy atom. The molecule has 0 spiro atoms. The standard InChI is InChI=1S/C16H22N2O2S/c1-17-7-5-13(6-8-17)11-18(2)16(20)14-10-15(21-12-14)4-3-9-19/h10,12-13,19H,5-9,11H2,1-2H3. The summed E-state index contributed by atoms with van der Waals surface area (Å²) in [7, 11) is 4.02. The van der Waals surface area contributed by atoms with Crippen LogP contribution < -0.4 is 0 Å². The Balaban J connectivity index is 1.91. The summed E-state index contributed by atoms with van der Waals surface area (Å²) >= 11 is 1.44. The first-order valence-electron chi connectivity index (χ1n) is 7.22. The highest BCUT2D eigenvalue weighted by molar-refractivity contribution is 7.10. The van der Waals surface area contributed by atoms with Gasteiger partial charge in [0.05, 0.1) is 10.4 Å². The molecule has 1 aliphatic rings. The van der Waals surface area contributed by atoms with E-state index in [9.17, 15) is 4.79 Å². The molecule has 114 valence electrons. The van der Waals surface area contributed by atoms with Crippen molar-refractivity contribution in [1.29, 1.82) is 0 Å². The van der Waals surface area contributed by atoms with Crippen molar-refractivity contribution in [3.05, 3.63) is 21.9 Å². The molecular formula is C16H22N2O2S. The van der Waals surface area contributed by atoms with Crippen LogP contribution in [0.4, 0.5) is 0 Å². The highest BCUT2D eigenvalue weighted by atomic mass is 32.1. The number of amides is 1. The lowest BCUT2D eigenvalue weighted by Gasteiger charge is -2.31. The van der Waals surface area contributed by atoms with E-state index in [0.29, 0.717) is 11.5 Å². The number of carbonyl (C=O) groups is 1. The van der Waals surface area contributed by atoms with Gasteiger partial charge in [0.15, 0.2) is 0 Å². The first kappa shape index (κ1) is 16.0. The zero-order valence-corrected chi connectivity index (χ0v) is 13.4. The van der Waals surface area contributed by atoms with Gasteiger partial charge in [-0.25, -0.2) is 0 Å². The molecule has 1 aromatic heterocycles. The lowest BCUT2D eigenvalue weighted by Crippen LogP contribution is -2.37. The van der Waals surface area contributed by atoms with Crippen LogP contribution in [0.5, 0.6) is 0 Å². The molecular weight excluding hydrogens is 284 g/mol. The topological polar surface area (TPSA) is 43.8 Å². The summed E-state index contributed by atoms with van der Waals surface area (Å²) < 4.78 is 0. The maximum atomic E-state index is 12.4. The quantitative estimate of drug-likeness (QED) is 0.861. The monoisotopic (exact) mass is 306 g/mol. The van der Waals surface area contributed by atoms with Gasteiger partial charge in [0.1, 0.15) is 6.61 Å². The molecule has 0 atom stereocenters. The molecule has 5 heteroatoms. The smallest absolute Gasteiger partial charge is 0.254 e. The van der Waals surface area contributed by atoms with Crippen LogP contribution in [0.1, 0.15) is 28.1 Å². The van der Waals surface area contributed by atoms with Gasteiger partial charge in [-0.1, -0.05) is 11.8 Å². The molecule has 1 amide bonds. The van der Waals surface area contributed by atoms with Gasteiger partial charge >= 0.3 is 0 Å². The van der Waals surface area contributed by atoms with Crippen molar-refractivity contribution < 1.29 is 9.90 Å². The number of likely N-dealkylation sites (tertiary alicyclic amines) is 1. The predicted molar refractivity (Wildman–Crippen MR) is 85.5 cm³/mol. The van der Waals surface area contributed by atoms with E-state index in [-0.39, 0.29) is 12.5 Å². The first-order chi connectivity index (χ1) is 10.1. The Morgan fingerprint density at radius 3 is 2.90 bits per heavy atom. The van der Waals surface area contributed by atoms with E-state index in [1.807, 2.05) is 17.3 Å². The molecule has 0 unspecified atom stereocenters.